The number of amides is 1. The number of nitrogens with two attached hydrogens (primary N) is 1. The largest absolute Gasteiger partial charge is 0.350 e. The molecule has 0 saturated carbocycles. The van der Waals surface area contributed by atoms with Gasteiger partial charge in [0.25, 0.3) is 5.91 Å². The molecule has 0 radical (unpaired) electrons. The lowest BCUT2D eigenvalue weighted by Crippen LogP contribution is -2.48. The first-order valence-electron chi connectivity index (χ1n) is 8.81. The van der Waals surface area contributed by atoms with E-state index in [1.807, 2.05) is 18.2 Å². The third-order valence-electron chi connectivity index (χ3n) is 5.45. The summed E-state index contributed by atoms with van der Waals surface area (Å²) in [6, 6.07) is 9.11. The maximum Gasteiger partial charge on any atom is 0.266 e. The second-order valence-electron chi connectivity index (χ2n) is 7.04. The fourth-order valence-corrected chi connectivity index (χ4v) is 4.24. The number of likely N-dealkylation sites (N-methyl/N-ethyl adjacent to an activating group) is 1. The van der Waals surface area contributed by atoms with E-state index in [1.54, 1.807) is 4.90 Å². The number of likely N-dealkylation sites (tertiary alicyclic amines) is 2. The number of hydrogen-bond acceptors (Lipinski definition) is 5. The Morgan fingerprint density at radius 1 is 1.25 bits per heavy atom. The zero-order valence-electron chi connectivity index (χ0n) is 14.4. The van der Waals surface area contributed by atoms with Crippen molar-refractivity contribution in [3.8, 4) is 0 Å². The molecule has 0 unspecified atom stereocenters. The molecule has 1 aromatic rings. The molecule has 6 nitrogen and oxygen atoms in total. The predicted octanol–water partition coefficient (Wildman–Crippen LogP) is 0.863. The number of rotatable bonds is 2. The number of carbonyl (C=O) groups is 1. The molecule has 1 amide bonds. The normalized spacial score (nSPS) is 29.7. The number of nitrogens with zero attached hydrogens (tertiary/aromatic N) is 4. The third-order valence-corrected chi connectivity index (χ3v) is 5.45. The van der Waals surface area contributed by atoms with Crippen molar-refractivity contribution in [1.82, 2.24) is 9.80 Å². The Labute approximate surface area is 142 Å². The summed E-state index contributed by atoms with van der Waals surface area (Å²) < 4.78 is 0. The number of benzodiazepines with no additional fused rings is 1. The van der Waals surface area contributed by atoms with E-state index in [1.165, 1.54) is 6.42 Å². The lowest BCUT2D eigenvalue weighted by Gasteiger charge is -2.34. The second kappa shape index (κ2) is 5.86. The smallest absolute Gasteiger partial charge is 0.266 e. The molecule has 2 saturated heterocycles. The summed E-state index contributed by atoms with van der Waals surface area (Å²) >= 11 is 0. The Morgan fingerprint density at radius 2 is 2.04 bits per heavy atom. The summed E-state index contributed by atoms with van der Waals surface area (Å²) in [5, 5.41) is 0. The minimum atomic E-state index is -0.823. The third kappa shape index (κ3) is 2.32. The van der Waals surface area contributed by atoms with Crippen LogP contribution < -0.4 is 10.6 Å². The molecule has 128 valence electrons. The minimum Gasteiger partial charge on any atom is -0.350 e. The standard InChI is InChI=1S/C18H25N5O/c1-3-8-22-15-7-5-4-6-14(15)17(20-16(19)18(22)24)23-11-12-9-13(23)10-21(12)2/h4-7,12-13,16H,3,8-11,19H2,1-2H3/t12-,13-,16+/m0/s1. The first-order chi connectivity index (χ1) is 11.6. The average Bonchev–Trinajstić information content (AvgIpc) is 3.13. The molecule has 1 aromatic carbocycles. The molecule has 3 aliphatic rings. The fourth-order valence-electron chi connectivity index (χ4n) is 4.24. The number of piperazine rings is 1. The zero-order valence-corrected chi connectivity index (χ0v) is 14.4. The van der Waals surface area contributed by atoms with Gasteiger partial charge in [-0.15, -0.1) is 0 Å². The van der Waals surface area contributed by atoms with E-state index in [0.717, 1.165) is 36.6 Å². The number of benzene rings is 1. The Hall–Kier alpha value is -1.92. The van der Waals surface area contributed by atoms with Gasteiger partial charge in [0.05, 0.1) is 5.69 Å². The van der Waals surface area contributed by atoms with Gasteiger partial charge in [-0.2, -0.15) is 0 Å². The van der Waals surface area contributed by atoms with Gasteiger partial charge >= 0.3 is 0 Å². The molecule has 2 N–H and O–H groups in total. The minimum absolute atomic E-state index is 0.110. The molecule has 2 bridgehead atoms. The zero-order chi connectivity index (χ0) is 16.8. The summed E-state index contributed by atoms with van der Waals surface area (Å²) in [6.45, 7) is 4.75. The molecule has 0 aromatic heterocycles. The molecule has 0 aliphatic carbocycles. The molecular formula is C18H25N5O. The summed E-state index contributed by atoms with van der Waals surface area (Å²) in [7, 11) is 2.18. The Morgan fingerprint density at radius 3 is 2.71 bits per heavy atom. The van der Waals surface area contributed by atoms with Gasteiger partial charge in [0.1, 0.15) is 5.84 Å². The highest BCUT2D eigenvalue weighted by molar-refractivity contribution is 6.11. The molecule has 3 atom stereocenters. The van der Waals surface area contributed by atoms with Gasteiger partial charge in [-0.25, -0.2) is 4.99 Å². The average molecular weight is 327 g/mol. The molecule has 4 rings (SSSR count). The van der Waals surface area contributed by atoms with Gasteiger partial charge in [-0.3, -0.25) is 9.69 Å². The predicted molar refractivity (Wildman–Crippen MR) is 95.1 cm³/mol. The van der Waals surface area contributed by atoms with Crippen molar-refractivity contribution in [2.45, 2.75) is 38.0 Å². The van der Waals surface area contributed by atoms with Crippen LogP contribution in [-0.2, 0) is 4.79 Å². The molecule has 0 spiro atoms. The number of fused-ring (bicyclic) bond motifs is 3. The van der Waals surface area contributed by atoms with Gasteiger partial charge < -0.3 is 15.5 Å². The van der Waals surface area contributed by atoms with Crippen molar-refractivity contribution in [1.29, 1.82) is 0 Å². The maximum atomic E-state index is 12.7. The van der Waals surface area contributed by atoms with E-state index in [-0.39, 0.29) is 5.91 Å². The van der Waals surface area contributed by atoms with Crippen molar-refractivity contribution in [3.63, 3.8) is 0 Å². The van der Waals surface area contributed by atoms with Crippen LogP contribution >= 0.6 is 0 Å². The van der Waals surface area contributed by atoms with Crippen LogP contribution in [0.25, 0.3) is 0 Å². The Bertz CT molecular complexity index is 686. The molecule has 2 fully saturated rings. The van der Waals surface area contributed by atoms with E-state index >= 15 is 0 Å². The topological polar surface area (TPSA) is 65.2 Å². The number of amidine groups is 1. The summed E-state index contributed by atoms with van der Waals surface area (Å²) in [6.07, 6.45) is 1.23. The van der Waals surface area contributed by atoms with Crippen molar-refractivity contribution < 1.29 is 4.79 Å². The molecular weight excluding hydrogens is 302 g/mol. The number of anilines is 1. The summed E-state index contributed by atoms with van der Waals surface area (Å²) in [5.41, 5.74) is 8.11. The summed E-state index contributed by atoms with van der Waals surface area (Å²) in [4.78, 5) is 24.0. The lowest BCUT2D eigenvalue weighted by molar-refractivity contribution is -0.119. The van der Waals surface area contributed by atoms with Crippen LogP contribution in [0.4, 0.5) is 5.69 Å². The molecule has 6 heteroatoms. The van der Waals surface area contributed by atoms with Crippen LogP contribution in [0.5, 0.6) is 0 Å². The maximum absolute atomic E-state index is 12.7. The first kappa shape index (κ1) is 15.6. The van der Waals surface area contributed by atoms with Crippen LogP contribution in [-0.4, -0.2) is 66.5 Å². The SMILES string of the molecule is CCCN1C(=O)[C@H](N)N=C(N2C[C@@H]3C[C@H]2CN3C)c2ccccc21. The first-order valence-corrected chi connectivity index (χ1v) is 8.81. The lowest BCUT2D eigenvalue weighted by atomic mass is 10.1. The van der Waals surface area contributed by atoms with Crippen molar-refractivity contribution >= 4 is 17.4 Å². The number of aliphatic imine (C=N–C) groups is 1. The highest BCUT2D eigenvalue weighted by Gasteiger charge is 2.44. The van der Waals surface area contributed by atoms with E-state index in [0.29, 0.717) is 18.6 Å². The highest BCUT2D eigenvalue weighted by Crippen LogP contribution is 2.34. The Balaban J connectivity index is 1.77. The van der Waals surface area contributed by atoms with Gasteiger partial charge in [-0.1, -0.05) is 19.1 Å². The van der Waals surface area contributed by atoms with Gasteiger partial charge in [0.15, 0.2) is 6.17 Å². The van der Waals surface area contributed by atoms with Gasteiger partial charge in [0.2, 0.25) is 0 Å². The highest BCUT2D eigenvalue weighted by atomic mass is 16.2. The van der Waals surface area contributed by atoms with E-state index in [9.17, 15) is 4.79 Å². The quantitative estimate of drug-likeness (QED) is 0.875. The molecule has 24 heavy (non-hydrogen) atoms. The van der Waals surface area contributed by atoms with Crippen molar-refractivity contribution in [3.05, 3.63) is 29.8 Å². The second-order valence-corrected chi connectivity index (χ2v) is 7.04. The van der Waals surface area contributed by atoms with Crippen LogP contribution in [0.1, 0.15) is 25.3 Å². The van der Waals surface area contributed by atoms with Crippen LogP contribution in [0, 0.1) is 0 Å². The van der Waals surface area contributed by atoms with E-state index in [2.05, 4.69) is 34.8 Å². The Kier molecular flexibility index (Phi) is 3.81. The monoisotopic (exact) mass is 327 g/mol. The van der Waals surface area contributed by atoms with Gasteiger partial charge in [0, 0.05) is 37.3 Å². The fraction of sp³-hybridized carbons (Fsp3) is 0.556. The van der Waals surface area contributed by atoms with Crippen molar-refractivity contribution in [2.75, 3.05) is 31.6 Å². The van der Waals surface area contributed by atoms with E-state index < -0.39 is 6.17 Å². The van der Waals surface area contributed by atoms with Crippen LogP contribution in [0.3, 0.4) is 0 Å². The number of carbonyl (C=O) groups excluding carboxylic acids is 1. The van der Waals surface area contributed by atoms with Crippen LogP contribution in [0.15, 0.2) is 29.3 Å². The number of para-hydroxylation sites is 1. The summed E-state index contributed by atoms with van der Waals surface area (Å²) in [5.74, 6) is 0.784. The van der Waals surface area contributed by atoms with Crippen LogP contribution in [0.2, 0.25) is 0 Å². The molecule has 3 heterocycles. The van der Waals surface area contributed by atoms with Gasteiger partial charge in [-0.05, 0) is 32.0 Å². The molecule has 3 aliphatic heterocycles. The van der Waals surface area contributed by atoms with Crippen molar-refractivity contribution in [2.24, 2.45) is 10.7 Å². The van der Waals surface area contributed by atoms with E-state index in [4.69, 9.17) is 5.73 Å². The number of hydrogen-bond donors (Lipinski definition) is 1.